The zero-order valence-electron chi connectivity index (χ0n) is 22.9. The number of carbonyl (C=O) groups is 3. The molecule has 4 atom stereocenters. The molecule has 3 N–H and O–H groups in total. The van der Waals surface area contributed by atoms with E-state index in [0.717, 1.165) is 11.1 Å². The number of likely N-dealkylation sites (tertiary alicyclic amines) is 1. The molecule has 0 bridgehead atoms. The third kappa shape index (κ3) is 8.99. The fourth-order valence-electron chi connectivity index (χ4n) is 5.06. The van der Waals surface area contributed by atoms with Gasteiger partial charge in [0.25, 0.3) is 0 Å². The lowest BCUT2D eigenvalue weighted by Gasteiger charge is -2.33. The van der Waals surface area contributed by atoms with Gasteiger partial charge in [-0.15, -0.1) is 0 Å². The summed E-state index contributed by atoms with van der Waals surface area (Å²) in [6.07, 6.45) is -0.402. The van der Waals surface area contributed by atoms with Crippen molar-refractivity contribution in [3.05, 3.63) is 71.8 Å². The molecule has 3 rings (SSSR count). The molecule has 0 radical (unpaired) electrons. The maximum Gasteiger partial charge on any atom is 0.521 e. The van der Waals surface area contributed by atoms with Gasteiger partial charge in [0, 0.05) is 19.4 Å². The van der Waals surface area contributed by atoms with Gasteiger partial charge in [0.2, 0.25) is 0 Å². The van der Waals surface area contributed by atoms with Gasteiger partial charge in [0.05, 0.1) is 12.7 Å². The van der Waals surface area contributed by atoms with Gasteiger partial charge in [-0.05, 0) is 50.2 Å². The molecule has 0 spiro atoms. The molecule has 3 amide bonds. The van der Waals surface area contributed by atoms with Crippen molar-refractivity contribution in [1.29, 1.82) is 0 Å². The Kier molecular flexibility index (Phi) is 11.9. The maximum atomic E-state index is 13.6. The van der Waals surface area contributed by atoms with Crippen molar-refractivity contribution in [1.82, 2.24) is 5.32 Å². The van der Waals surface area contributed by atoms with E-state index in [1.165, 1.54) is 0 Å². The molecule has 1 fully saturated rings. The Morgan fingerprint density at radius 1 is 1.02 bits per heavy atom. The number of nitrogens with zero attached hydrogens (tertiary/aromatic N) is 1. The van der Waals surface area contributed by atoms with Crippen LogP contribution in [0.15, 0.2) is 60.7 Å². The normalized spacial score (nSPS) is 20.8. The van der Waals surface area contributed by atoms with Crippen LogP contribution in [0.5, 0.6) is 0 Å². The minimum Gasteiger partial charge on any atom is -0.445 e. The third-order valence-corrected chi connectivity index (χ3v) is 8.78. The lowest BCUT2D eigenvalue weighted by Crippen LogP contribution is -2.62. The summed E-state index contributed by atoms with van der Waals surface area (Å²) in [6, 6.07) is 18.3. The summed E-state index contributed by atoms with van der Waals surface area (Å²) in [7, 11) is -4.18. The number of carbonyl (C=O) groups excluding carboxylic acids is 2. The summed E-state index contributed by atoms with van der Waals surface area (Å²) in [6.45, 7) is 2.23. The summed E-state index contributed by atoms with van der Waals surface area (Å²) >= 11 is 0. The number of rotatable bonds is 14. The van der Waals surface area contributed by atoms with Gasteiger partial charge in [-0.2, -0.15) is 9.28 Å². The highest BCUT2D eigenvalue weighted by Crippen LogP contribution is 2.46. The number of hydrogen-bond donors (Lipinski definition) is 3. The second kappa shape index (κ2) is 15.1. The first kappa shape index (κ1) is 31.5. The number of nitrogens with one attached hydrogen (secondary N) is 1. The smallest absolute Gasteiger partial charge is 0.445 e. The Hall–Kier alpha value is -3.04. The second-order valence-electron chi connectivity index (χ2n) is 10.2. The van der Waals surface area contributed by atoms with Crippen LogP contribution in [-0.2, 0) is 31.6 Å². The number of benzene rings is 2. The summed E-state index contributed by atoms with van der Waals surface area (Å²) < 4.78 is 22.9. The molecule has 2 unspecified atom stereocenters. The molecule has 11 heteroatoms. The fourth-order valence-corrected chi connectivity index (χ4v) is 6.32. The number of alkyl carbamates (subject to hydrolysis) is 1. The Bertz CT molecular complexity index is 1160. The van der Waals surface area contributed by atoms with Gasteiger partial charge in [0.15, 0.2) is 6.10 Å². The van der Waals surface area contributed by atoms with Crippen LogP contribution in [0.3, 0.4) is 0 Å². The maximum absolute atomic E-state index is 13.6. The van der Waals surface area contributed by atoms with Crippen molar-refractivity contribution in [2.45, 2.75) is 70.6 Å². The lowest BCUT2D eigenvalue weighted by molar-refractivity contribution is -0.794. The Morgan fingerprint density at radius 2 is 1.68 bits per heavy atom. The molecule has 40 heavy (non-hydrogen) atoms. The molecule has 0 aliphatic carbocycles. The van der Waals surface area contributed by atoms with E-state index in [1.54, 1.807) is 6.92 Å². The van der Waals surface area contributed by atoms with Crippen molar-refractivity contribution in [2.75, 3.05) is 19.3 Å². The number of aryl methyl sites for hydroxylation is 1. The summed E-state index contributed by atoms with van der Waals surface area (Å²) in [5.74, 6) is -0.704. The topological polar surface area (TPSA) is 139 Å². The average Bonchev–Trinajstić information content (AvgIpc) is 3.34. The summed E-state index contributed by atoms with van der Waals surface area (Å²) in [5, 5.41) is 12.7. The minimum atomic E-state index is -4.18. The predicted octanol–water partition coefficient (Wildman–Crippen LogP) is 5.49. The first-order valence-electron chi connectivity index (χ1n) is 13.8. The molecule has 1 aliphatic rings. The van der Waals surface area contributed by atoms with Crippen molar-refractivity contribution in [3.63, 3.8) is 0 Å². The number of unbranched alkanes of at least 4 members (excludes halogenated alkanes) is 1. The molecule has 0 saturated carbocycles. The Morgan fingerprint density at radius 3 is 2.27 bits per heavy atom. The summed E-state index contributed by atoms with van der Waals surface area (Å²) in [4.78, 5) is 48.5. The van der Waals surface area contributed by atoms with Gasteiger partial charge in [0.1, 0.15) is 12.6 Å². The van der Waals surface area contributed by atoms with Crippen molar-refractivity contribution < 1.29 is 42.7 Å². The van der Waals surface area contributed by atoms with E-state index in [1.807, 2.05) is 60.7 Å². The Labute approximate surface area is 235 Å². The van der Waals surface area contributed by atoms with Crippen LogP contribution in [0, 0.1) is 0 Å². The molecule has 1 saturated heterocycles. The van der Waals surface area contributed by atoms with E-state index >= 15 is 0 Å². The highest BCUT2D eigenvalue weighted by Gasteiger charge is 2.56. The van der Waals surface area contributed by atoms with E-state index in [2.05, 4.69) is 5.32 Å². The van der Waals surface area contributed by atoms with Gasteiger partial charge in [-0.3, -0.25) is 9.09 Å². The first-order chi connectivity index (χ1) is 19.1. The molecule has 10 nitrogen and oxygen atoms in total. The molecular weight excluding hydrogens is 535 g/mol. The van der Waals surface area contributed by atoms with Crippen molar-refractivity contribution in [2.24, 2.45) is 0 Å². The molecule has 2 aromatic rings. The molecule has 2 aromatic carbocycles. The summed E-state index contributed by atoms with van der Waals surface area (Å²) in [5.41, 5.74) is 1.88. The van der Waals surface area contributed by atoms with Crippen molar-refractivity contribution in [3.8, 4) is 0 Å². The van der Waals surface area contributed by atoms with E-state index in [9.17, 15) is 28.9 Å². The quantitative estimate of drug-likeness (QED) is 0.153. The zero-order chi connectivity index (χ0) is 29.0. The molecular formula is C29H40N2O8P+. The van der Waals surface area contributed by atoms with Crippen LogP contribution < -0.4 is 5.32 Å². The standard InChI is InChI=1S/C29H39N2O8P/c1-23-12-10-20-31(23,29(34)35)27(32)26(39-40(36,37)21-11-17-24-13-4-2-5-14-24)18-8-9-19-30-28(33)38-22-25-15-6-3-7-16-25/h2-7,13-16,23,26H,8-12,17-22H2,1H3,(H2-,30,33,34,35,36,37)/p+1/t23-,26+,31?/m1/s1. The van der Waals surface area contributed by atoms with Crippen LogP contribution >= 0.6 is 7.60 Å². The van der Waals surface area contributed by atoms with Crippen LogP contribution in [-0.4, -0.2) is 64.0 Å². The van der Waals surface area contributed by atoms with E-state index in [0.29, 0.717) is 38.5 Å². The molecule has 1 heterocycles. The average molecular weight is 576 g/mol. The Balaban J connectivity index is 1.56. The fraction of sp³-hybridized carbons (Fsp3) is 0.483. The monoisotopic (exact) mass is 575 g/mol. The van der Waals surface area contributed by atoms with Crippen LogP contribution in [0.4, 0.5) is 9.59 Å². The molecule has 1 aliphatic heterocycles. The third-order valence-electron chi connectivity index (χ3n) is 7.31. The largest absolute Gasteiger partial charge is 0.521 e. The van der Waals surface area contributed by atoms with Gasteiger partial charge < -0.3 is 20.1 Å². The van der Waals surface area contributed by atoms with E-state index < -0.39 is 42.3 Å². The predicted molar refractivity (Wildman–Crippen MR) is 150 cm³/mol. The number of ether oxygens (including phenoxy) is 1. The zero-order valence-corrected chi connectivity index (χ0v) is 23.8. The van der Waals surface area contributed by atoms with Gasteiger partial charge >= 0.3 is 25.7 Å². The van der Waals surface area contributed by atoms with Gasteiger partial charge in [-0.25, -0.2) is 9.59 Å². The van der Waals surface area contributed by atoms with Crippen LogP contribution in [0.1, 0.15) is 56.6 Å². The minimum absolute atomic E-state index is 0.0583. The van der Waals surface area contributed by atoms with Crippen LogP contribution in [0.2, 0.25) is 0 Å². The number of quaternary nitrogens is 1. The SMILES string of the molecule is C[C@@H]1CCC[N+]1(C(=O)O)C(=O)[C@H](CCCCNC(=O)OCc1ccccc1)OP(=O)(O)CCCc1ccccc1. The highest BCUT2D eigenvalue weighted by molar-refractivity contribution is 7.52. The first-order valence-corrected chi connectivity index (χ1v) is 15.5. The molecule has 0 aromatic heterocycles. The van der Waals surface area contributed by atoms with E-state index in [4.69, 9.17) is 9.26 Å². The number of amides is 3. The van der Waals surface area contributed by atoms with Gasteiger partial charge in [-0.1, -0.05) is 60.7 Å². The lowest BCUT2D eigenvalue weighted by atomic mass is 10.1. The van der Waals surface area contributed by atoms with E-state index in [-0.39, 0.29) is 32.3 Å². The molecule has 218 valence electrons. The number of hydrogen-bond acceptors (Lipinski definition) is 6. The number of carboxylic acid groups (broad SMARTS) is 1. The second-order valence-corrected chi connectivity index (χ2v) is 12.2. The van der Waals surface area contributed by atoms with Crippen LogP contribution in [0.25, 0.3) is 0 Å². The number of imide groups is 1. The highest BCUT2D eigenvalue weighted by atomic mass is 31.2. The van der Waals surface area contributed by atoms with Crippen molar-refractivity contribution >= 4 is 25.7 Å².